The lowest BCUT2D eigenvalue weighted by Gasteiger charge is -2.08. The first kappa shape index (κ1) is 13.8. The van der Waals surface area contributed by atoms with Gasteiger partial charge in [-0.25, -0.2) is 0 Å². The van der Waals surface area contributed by atoms with Crippen LogP contribution in [0.25, 0.3) is 0 Å². The van der Waals surface area contributed by atoms with Crippen LogP contribution in [0.1, 0.15) is 22.8 Å². The molecule has 0 radical (unpaired) electrons. The zero-order valence-electron chi connectivity index (χ0n) is 8.64. The second-order valence-electron chi connectivity index (χ2n) is 3.52. The van der Waals surface area contributed by atoms with Gasteiger partial charge in [0.1, 0.15) is 5.75 Å². The maximum atomic E-state index is 11.2. The highest BCUT2D eigenvalue weighted by atomic mass is 35.8. The molecule has 16 heavy (non-hydrogen) atoms. The van der Waals surface area contributed by atoms with Gasteiger partial charge in [0.15, 0.2) is 5.78 Å². The number of aromatic hydroxyl groups is 1. The average molecular weight is 298 g/mol. The lowest BCUT2D eigenvalue weighted by molar-refractivity contribution is 0.101. The Morgan fingerprint density at radius 2 is 2.00 bits per heavy atom. The maximum absolute atomic E-state index is 11.2. The number of benzene rings is 1. The third-order valence-corrected chi connectivity index (χ3v) is 4.66. The summed E-state index contributed by atoms with van der Waals surface area (Å²) in [7, 11) is 0. The second kappa shape index (κ2) is 5.41. The fraction of sp³-hybridized carbons (Fsp3) is 0.300. The molecule has 0 fully saturated rings. The quantitative estimate of drug-likeness (QED) is 0.521. The van der Waals surface area contributed by atoms with Crippen molar-refractivity contribution in [3.05, 3.63) is 29.3 Å². The van der Waals surface area contributed by atoms with Crippen molar-refractivity contribution in [3.8, 4) is 5.75 Å². The van der Waals surface area contributed by atoms with E-state index in [1.54, 1.807) is 12.1 Å². The summed E-state index contributed by atoms with van der Waals surface area (Å²) in [5.41, 5.74) is 1.20. The van der Waals surface area contributed by atoms with Gasteiger partial charge in [0.05, 0.1) is 5.56 Å². The Bertz CT molecular complexity index is 402. The van der Waals surface area contributed by atoms with Gasteiger partial charge in [0, 0.05) is 0 Å². The summed E-state index contributed by atoms with van der Waals surface area (Å²) >= 11 is 17.3. The van der Waals surface area contributed by atoms with Crippen molar-refractivity contribution < 1.29 is 9.90 Å². The van der Waals surface area contributed by atoms with Crippen LogP contribution in [0, 0.1) is 0 Å². The molecular weight excluding hydrogens is 287 g/mol. The largest absolute Gasteiger partial charge is 0.507 e. The first-order chi connectivity index (χ1) is 7.29. The van der Waals surface area contributed by atoms with E-state index in [-0.39, 0.29) is 11.5 Å². The standard InChI is InChI=1S/C10H11Cl3O2Si/c1-7(14)9-6-8(2-3-10(9)15)4-5-16(11,12)13/h2-3,6,15H,4-5H2,1H3. The number of hydrogen-bond donors (Lipinski definition) is 1. The molecule has 0 aliphatic heterocycles. The van der Waals surface area contributed by atoms with Crippen molar-refractivity contribution in [2.24, 2.45) is 0 Å². The predicted molar refractivity (Wildman–Crippen MR) is 69.9 cm³/mol. The first-order valence-corrected chi connectivity index (χ1v) is 9.93. The van der Waals surface area contributed by atoms with Gasteiger partial charge in [0.2, 0.25) is 0 Å². The monoisotopic (exact) mass is 296 g/mol. The topological polar surface area (TPSA) is 37.3 Å². The van der Waals surface area contributed by atoms with E-state index in [1.807, 2.05) is 0 Å². The Hall–Kier alpha value is -0.223. The van der Waals surface area contributed by atoms with Crippen LogP contribution >= 0.6 is 33.2 Å². The summed E-state index contributed by atoms with van der Waals surface area (Å²) in [4.78, 5) is 11.2. The highest BCUT2D eigenvalue weighted by Crippen LogP contribution is 2.28. The van der Waals surface area contributed by atoms with E-state index in [0.29, 0.717) is 18.0 Å². The number of carbonyl (C=O) groups is 1. The highest BCUT2D eigenvalue weighted by Gasteiger charge is 2.24. The number of rotatable bonds is 4. The summed E-state index contributed by atoms with van der Waals surface area (Å²) in [6, 6.07) is 2.73. The fourth-order valence-electron chi connectivity index (χ4n) is 1.31. The summed E-state index contributed by atoms with van der Waals surface area (Å²) in [5, 5.41) is 9.44. The fourth-order valence-corrected chi connectivity index (χ4v) is 2.73. The van der Waals surface area contributed by atoms with Gasteiger partial charge < -0.3 is 5.11 Å². The Morgan fingerprint density at radius 1 is 1.38 bits per heavy atom. The third-order valence-electron chi connectivity index (χ3n) is 2.14. The second-order valence-corrected chi connectivity index (χ2v) is 12.8. The van der Waals surface area contributed by atoms with E-state index in [9.17, 15) is 9.90 Å². The molecule has 0 heterocycles. The Labute approximate surface area is 109 Å². The molecule has 1 rings (SSSR count). The van der Waals surface area contributed by atoms with Crippen LogP contribution in [0.5, 0.6) is 5.75 Å². The number of phenols is 1. The van der Waals surface area contributed by atoms with Gasteiger partial charge >= 0.3 is 6.00 Å². The van der Waals surface area contributed by atoms with Crippen LogP contribution in [0.2, 0.25) is 6.04 Å². The summed E-state index contributed by atoms with van der Waals surface area (Å²) in [6.07, 6.45) is 0.600. The molecule has 0 saturated heterocycles. The minimum Gasteiger partial charge on any atom is -0.507 e. The minimum atomic E-state index is -2.63. The van der Waals surface area contributed by atoms with E-state index in [4.69, 9.17) is 33.2 Å². The lowest BCUT2D eigenvalue weighted by Crippen LogP contribution is -2.10. The number of Topliss-reactive ketones (excluding diaryl/α,β-unsaturated/α-hetero) is 1. The van der Waals surface area contributed by atoms with Crippen LogP contribution in [0.4, 0.5) is 0 Å². The molecule has 2 nitrogen and oxygen atoms in total. The van der Waals surface area contributed by atoms with Crippen molar-refractivity contribution in [2.45, 2.75) is 19.4 Å². The smallest absolute Gasteiger partial charge is 0.341 e. The van der Waals surface area contributed by atoms with Gasteiger partial charge in [-0.2, -0.15) is 0 Å². The van der Waals surface area contributed by atoms with Gasteiger partial charge in [-0.3, -0.25) is 4.79 Å². The number of phenolic OH excluding ortho intramolecular Hbond substituents is 1. The summed E-state index contributed by atoms with van der Waals surface area (Å²) < 4.78 is 0. The molecular formula is C10H11Cl3O2Si. The number of ketones is 1. The molecule has 0 spiro atoms. The van der Waals surface area contributed by atoms with Crippen molar-refractivity contribution in [3.63, 3.8) is 0 Å². The molecule has 0 bridgehead atoms. The minimum absolute atomic E-state index is 0.0117. The van der Waals surface area contributed by atoms with Gasteiger partial charge in [0.25, 0.3) is 0 Å². The zero-order valence-corrected chi connectivity index (χ0v) is 11.9. The molecule has 0 aliphatic rings. The Balaban J connectivity index is 2.83. The number of aryl methyl sites for hydroxylation is 1. The number of halogens is 3. The third kappa shape index (κ3) is 4.34. The van der Waals surface area contributed by atoms with E-state index in [1.165, 1.54) is 13.0 Å². The predicted octanol–water partition coefficient (Wildman–Crippen LogP) is 3.79. The maximum Gasteiger partial charge on any atom is 0.341 e. The summed E-state index contributed by atoms with van der Waals surface area (Å²) in [5.74, 6) is -0.187. The number of hydrogen-bond acceptors (Lipinski definition) is 2. The van der Waals surface area contributed by atoms with Gasteiger partial charge in [-0.1, -0.05) is 6.07 Å². The van der Waals surface area contributed by atoms with Gasteiger partial charge in [-0.15, -0.1) is 33.2 Å². The molecule has 0 aliphatic carbocycles. The van der Waals surface area contributed by atoms with Crippen LogP contribution in [0.3, 0.4) is 0 Å². The molecule has 0 saturated carbocycles. The molecule has 1 N–H and O–H groups in total. The molecule has 6 heteroatoms. The van der Waals surface area contributed by atoms with E-state index >= 15 is 0 Å². The molecule has 1 aromatic carbocycles. The van der Waals surface area contributed by atoms with E-state index in [0.717, 1.165) is 5.56 Å². The number of carbonyl (C=O) groups excluding carboxylic acids is 1. The van der Waals surface area contributed by atoms with Crippen molar-refractivity contribution in [1.82, 2.24) is 0 Å². The first-order valence-electron chi connectivity index (χ1n) is 4.69. The average Bonchev–Trinajstić information content (AvgIpc) is 2.14. The van der Waals surface area contributed by atoms with E-state index in [2.05, 4.69) is 0 Å². The Morgan fingerprint density at radius 3 is 2.50 bits per heavy atom. The van der Waals surface area contributed by atoms with Crippen LogP contribution < -0.4 is 0 Å². The molecule has 0 atom stereocenters. The normalized spacial score (nSPS) is 11.5. The Kier molecular flexibility index (Phi) is 4.68. The van der Waals surface area contributed by atoms with Crippen molar-refractivity contribution >= 4 is 45.0 Å². The van der Waals surface area contributed by atoms with Crippen LogP contribution in [-0.2, 0) is 6.42 Å². The van der Waals surface area contributed by atoms with Crippen LogP contribution in [0.15, 0.2) is 18.2 Å². The molecule has 88 valence electrons. The SMILES string of the molecule is CC(=O)c1cc(CC[Si](Cl)(Cl)Cl)ccc1O. The molecule has 0 aromatic heterocycles. The van der Waals surface area contributed by atoms with E-state index < -0.39 is 6.00 Å². The summed E-state index contributed by atoms with van der Waals surface area (Å²) in [6.45, 7) is 1.41. The molecule has 0 amide bonds. The zero-order chi connectivity index (χ0) is 12.3. The highest BCUT2D eigenvalue weighted by molar-refractivity contribution is 7.64. The van der Waals surface area contributed by atoms with Gasteiger partial charge in [-0.05, 0) is 37.1 Å². The molecule has 1 aromatic rings. The lowest BCUT2D eigenvalue weighted by atomic mass is 10.1. The van der Waals surface area contributed by atoms with Crippen molar-refractivity contribution in [2.75, 3.05) is 0 Å². The van der Waals surface area contributed by atoms with Crippen LogP contribution in [-0.4, -0.2) is 16.9 Å². The van der Waals surface area contributed by atoms with Crippen molar-refractivity contribution in [1.29, 1.82) is 0 Å². The molecule has 0 unspecified atom stereocenters.